The molecule has 0 radical (unpaired) electrons. The van der Waals surface area contributed by atoms with Gasteiger partial charge in [-0.3, -0.25) is 0 Å². The Labute approximate surface area is 56.5 Å². The first-order valence-corrected chi connectivity index (χ1v) is 2.34. The molecular weight excluding hydrogens is 163 g/mol. The van der Waals surface area contributed by atoms with Crippen molar-refractivity contribution < 1.29 is 46.8 Å². The van der Waals surface area contributed by atoms with Crippen molar-refractivity contribution in [3.8, 4) is 0 Å². The Bertz CT molecular complexity index is 8.04. The van der Waals surface area contributed by atoms with Crippen molar-refractivity contribution in [3.63, 3.8) is 0 Å². The Morgan fingerprint density at radius 3 is 0.571 bits per heavy atom. The van der Waals surface area contributed by atoms with E-state index in [0.717, 1.165) is 0 Å². The molecule has 0 unspecified atom stereocenters. The molecule has 0 fully saturated rings. The quantitative estimate of drug-likeness (QED) is 0.334. The molecule has 10 N–H and O–H groups in total. The van der Waals surface area contributed by atoms with E-state index in [1.165, 1.54) is 19.4 Å². The third-order valence-corrected chi connectivity index (χ3v) is 0. The van der Waals surface area contributed by atoms with Crippen LogP contribution in [0.15, 0.2) is 0 Å². The van der Waals surface area contributed by atoms with Gasteiger partial charge in [0.05, 0.1) is 0 Å². The van der Waals surface area contributed by atoms with Gasteiger partial charge in [-0.25, -0.2) is 0 Å². The SMILES string of the molecule is O.O.O.O.O.[Cl][Ti]. The molecule has 0 aliphatic heterocycles. The van der Waals surface area contributed by atoms with Gasteiger partial charge in [-0.1, -0.05) is 0 Å². The maximum atomic E-state index is 4.64. The molecule has 51 valence electrons. The second kappa shape index (κ2) is 354. The van der Waals surface area contributed by atoms with Crippen molar-refractivity contribution in [2.24, 2.45) is 0 Å². The van der Waals surface area contributed by atoms with Crippen molar-refractivity contribution in [2.45, 2.75) is 0 Å². The predicted octanol–water partition coefficient (Wildman–Crippen LogP) is -3.44. The number of hydrogen-bond acceptors (Lipinski definition) is 0. The summed E-state index contributed by atoms with van der Waals surface area (Å²) in [6.07, 6.45) is 0. The minimum absolute atomic E-state index is 0. The molecule has 7 heteroatoms. The normalized spacial score (nSPS) is 0.571. The molecule has 0 aromatic rings. The first kappa shape index (κ1) is 111. The maximum absolute atomic E-state index is 4.64. The van der Waals surface area contributed by atoms with Crippen LogP contribution in [0.25, 0.3) is 0 Å². The van der Waals surface area contributed by atoms with Gasteiger partial charge in [-0.2, -0.15) is 0 Å². The summed E-state index contributed by atoms with van der Waals surface area (Å²) >= 11 is 1.47. The molecule has 0 saturated heterocycles. The molecule has 0 saturated carbocycles. The van der Waals surface area contributed by atoms with Gasteiger partial charge >= 0.3 is 28.7 Å². The van der Waals surface area contributed by atoms with Gasteiger partial charge in [0.2, 0.25) is 0 Å². The molecule has 0 atom stereocenters. The predicted molar refractivity (Wildman–Crippen MR) is 23.9 cm³/mol. The van der Waals surface area contributed by atoms with Crippen molar-refractivity contribution in [2.75, 3.05) is 0 Å². The van der Waals surface area contributed by atoms with Crippen LogP contribution in [0.2, 0.25) is 0 Å². The summed E-state index contributed by atoms with van der Waals surface area (Å²) in [7, 11) is 4.64. The Hall–Kier alpha value is 0.804. The summed E-state index contributed by atoms with van der Waals surface area (Å²) in [5.74, 6) is 0. The van der Waals surface area contributed by atoms with Crippen LogP contribution in [0, 0.1) is 0 Å². The van der Waals surface area contributed by atoms with E-state index >= 15 is 0 Å². The third kappa shape index (κ3) is 243. The minimum atomic E-state index is 0. The molecule has 0 aromatic carbocycles. The second-order valence-electron chi connectivity index (χ2n) is 0. The standard InChI is InChI=1S/ClH.5H2O.Ti/h1H;5*1H2;/q;;;;;;+1/p-1. The Morgan fingerprint density at radius 2 is 0.571 bits per heavy atom. The van der Waals surface area contributed by atoms with Crippen molar-refractivity contribution in [1.29, 1.82) is 0 Å². The van der Waals surface area contributed by atoms with E-state index in [2.05, 4.69) is 9.30 Å². The molecule has 0 spiro atoms. The van der Waals surface area contributed by atoms with E-state index in [0.29, 0.717) is 0 Å². The molecule has 0 rings (SSSR count). The van der Waals surface area contributed by atoms with E-state index < -0.39 is 0 Å². The molecule has 0 bridgehead atoms. The van der Waals surface area contributed by atoms with E-state index in [1.54, 1.807) is 0 Å². The second-order valence-corrected chi connectivity index (χ2v) is 0. The van der Waals surface area contributed by atoms with Gasteiger partial charge < -0.3 is 27.4 Å². The third-order valence-electron chi connectivity index (χ3n) is 0. The average Bonchev–Trinajstić information content (AvgIpc) is 1.00. The van der Waals surface area contributed by atoms with Crippen molar-refractivity contribution in [3.05, 3.63) is 0 Å². The fourth-order valence-corrected chi connectivity index (χ4v) is 0. The number of rotatable bonds is 0. The zero-order chi connectivity index (χ0) is 2.00. The molecular formula is H10ClO5Ti. The van der Waals surface area contributed by atoms with Gasteiger partial charge in [0.15, 0.2) is 0 Å². The monoisotopic (exact) mass is 173 g/mol. The van der Waals surface area contributed by atoms with Crippen molar-refractivity contribution in [1.82, 2.24) is 0 Å². The van der Waals surface area contributed by atoms with Crippen LogP contribution in [0.5, 0.6) is 0 Å². The van der Waals surface area contributed by atoms with Crippen LogP contribution in [-0.2, 0) is 19.4 Å². The summed E-state index contributed by atoms with van der Waals surface area (Å²) in [5, 5.41) is 0. The Balaban J connectivity index is -0.000000000500. The fraction of sp³-hybridized carbons (Fsp3) is 0. The van der Waals surface area contributed by atoms with Crippen LogP contribution in [0.1, 0.15) is 0 Å². The summed E-state index contributed by atoms with van der Waals surface area (Å²) in [4.78, 5) is 0. The molecule has 0 aliphatic rings. The first-order valence-electron chi connectivity index (χ1n) is 0.189. The van der Waals surface area contributed by atoms with Crippen LogP contribution in [0.4, 0.5) is 0 Å². The summed E-state index contributed by atoms with van der Waals surface area (Å²) in [6, 6.07) is 0. The molecule has 0 aromatic heterocycles. The van der Waals surface area contributed by atoms with Crippen LogP contribution >= 0.6 is 9.30 Å². The van der Waals surface area contributed by atoms with E-state index in [1.807, 2.05) is 0 Å². The molecule has 0 amide bonds. The van der Waals surface area contributed by atoms with Crippen LogP contribution < -0.4 is 0 Å². The molecule has 5 nitrogen and oxygen atoms in total. The van der Waals surface area contributed by atoms with E-state index in [4.69, 9.17) is 0 Å². The molecule has 7 heavy (non-hydrogen) atoms. The van der Waals surface area contributed by atoms with Gasteiger partial charge in [-0.15, -0.1) is 0 Å². The van der Waals surface area contributed by atoms with Gasteiger partial charge in [-0.05, 0) is 0 Å². The first-order chi connectivity index (χ1) is 1.00. The molecule has 0 heterocycles. The Morgan fingerprint density at radius 1 is 0.571 bits per heavy atom. The van der Waals surface area contributed by atoms with Gasteiger partial charge in [0.1, 0.15) is 0 Å². The summed E-state index contributed by atoms with van der Waals surface area (Å²) < 4.78 is 0. The Kier molecular flexibility index (Phi) is 5620. The molecule has 0 aliphatic carbocycles. The van der Waals surface area contributed by atoms with Gasteiger partial charge in [0.25, 0.3) is 0 Å². The van der Waals surface area contributed by atoms with Crippen molar-refractivity contribution >= 4 is 9.30 Å². The zero-order valence-electron chi connectivity index (χ0n) is 3.38. The van der Waals surface area contributed by atoms with Crippen LogP contribution in [0.3, 0.4) is 0 Å². The van der Waals surface area contributed by atoms with E-state index in [9.17, 15) is 0 Å². The summed E-state index contributed by atoms with van der Waals surface area (Å²) in [6.45, 7) is 0. The summed E-state index contributed by atoms with van der Waals surface area (Å²) in [5.41, 5.74) is 0. The van der Waals surface area contributed by atoms with Crippen LogP contribution in [-0.4, -0.2) is 27.4 Å². The number of halogens is 1. The average molecular weight is 173 g/mol. The van der Waals surface area contributed by atoms with Gasteiger partial charge in [0, 0.05) is 0 Å². The fourth-order valence-electron chi connectivity index (χ4n) is 0. The zero-order valence-corrected chi connectivity index (χ0v) is 5.70. The van der Waals surface area contributed by atoms with E-state index in [-0.39, 0.29) is 27.4 Å². The topological polar surface area (TPSA) is 158 Å². The number of hydrogen-bond donors (Lipinski definition) is 0.